The monoisotopic (exact) mass is 550 g/mol. The Hall–Kier alpha value is -1.96. The van der Waals surface area contributed by atoms with Crippen molar-refractivity contribution in [3.8, 4) is 17.2 Å². The lowest BCUT2D eigenvalue weighted by Gasteiger charge is -2.19. The molecule has 2 rings (SSSR count). The number of hydrogen-bond acceptors (Lipinski definition) is 2. The minimum atomic E-state index is 0.688. The van der Waals surface area contributed by atoms with Crippen LogP contribution >= 0.6 is 0 Å². The highest BCUT2D eigenvalue weighted by Crippen LogP contribution is 2.38. The summed E-state index contributed by atoms with van der Waals surface area (Å²) in [7, 11) is 0. The molecular formula is C38H62O2. The summed E-state index contributed by atoms with van der Waals surface area (Å²) in [5.74, 6) is 2.98. The van der Waals surface area contributed by atoms with E-state index in [-0.39, 0.29) is 0 Å². The largest absolute Gasteiger partial charge is 0.493 e. The van der Waals surface area contributed by atoms with Gasteiger partial charge in [0.2, 0.25) is 0 Å². The van der Waals surface area contributed by atoms with Gasteiger partial charge in [-0.2, -0.15) is 0 Å². The lowest BCUT2D eigenvalue weighted by Crippen LogP contribution is -2.03. The van der Waals surface area contributed by atoms with Crippen LogP contribution in [0.5, 0.6) is 17.2 Å². The number of unbranched alkanes of at least 4 members (excludes halogenated alkanes) is 18. The lowest BCUT2D eigenvalue weighted by molar-refractivity contribution is 0.332. The van der Waals surface area contributed by atoms with Crippen LogP contribution in [0, 0.1) is 0 Å². The fraction of sp³-hybridized carbons (Fsp3) is 0.684. The zero-order chi connectivity index (χ0) is 28.5. The molecule has 0 atom stereocenters. The second-order valence-corrected chi connectivity index (χ2v) is 11.7. The average molecular weight is 551 g/mol. The standard InChI is InChI=1S/C38H62O2/c1-4-7-9-11-13-14-15-16-17-18-19-20-22-27-31-36-37(39-6-3)33-32-34(28-24-21-12-10-8-5-2)38(36)40-35-29-25-23-26-30-35/h23,25-26,29-30,32-33H,4-22,24,27-28,31H2,1-3H3. The third-order valence-corrected chi connectivity index (χ3v) is 8.14. The van der Waals surface area contributed by atoms with Gasteiger partial charge in [-0.05, 0) is 56.4 Å². The van der Waals surface area contributed by atoms with Crippen LogP contribution in [-0.4, -0.2) is 6.61 Å². The van der Waals surface area contributed by atoms with E-state index in [1.54, 1.807) is 0 Å². The molecule has 40 heavy (non-hydrogen) atoms. The molecule has 226 valence electrons. The van der Waals surface area contributed by atoms with Gasteiger partial charge in [-0.25, -0.2) is 0 Å². The molecule has 0 saturated heterocycles. The second kappa shape index (κ2) is 23.7. The highest BCUT2D eigenvalue weighted by atomic mass is 16.5. The van der Waals surface area contributed by atoms with Crippen LogP contribution in [-0.2, 0) is 12.8 Å². The molecule has 0 heterocycles. The Labute approximate surface area is 248 Å². The first kappa shape index (κ1) is 34.2. The predicted octanol–water partition coefficient (Wildman–Crippen LogP) is 12.8. The van der Waals surface area contributed by atoms with Crippen molar-refractivity contribution in [2.45, 2.75) is 162 Å². The van der Waals surface area contributed by atoms with E-state index >= 15 is 0 Å². The molecule has 0 aliphatic rings. The van der Waals surface area contributed by atoms with Crippen LogP contribution < -0.4 is 9.47 Å². The fourth-order valence-corrected chi connectivity index (χ4v) is 5.71. The molecule has 0 unspecified atom stereocenters. The molecule has 0 aliphatic heterocycles. The molecular weight excluding hydrogens is 488 g/mol. The van der Waals surface area contributed by atoms with E-state index in [0.29, 0.717) is 6.61 Å². The molecule has 2 heteroatoms. The quantitative estimate of drug-likeness (QED) is 0.108. The van der Waals surface area contributed by atoms with E-state index in [0.717, 1.165) is 30.1 Å². The summed E-state index contributed by atoms with van der Waals surface area (Å²) < 4.78 is 12.7. The van der Waals surface area contributed by atoms with Gasteiger partial charge < -0.3 is 9.47 Å². The third kappa shape index (κ3) is 15.2. The van der Waals surface area contributed by atoms with Crippen LogP contribution in [0.3, 0.4) is 0 Å². The van der Waals surface area contributed by atoms with E-state index in [1.165, 1.54) is 140 Å². The van der Waals surface area contributed by atoms with E-state index < -0.39 is 0 Å². The number of para-hydroxylation sites is 1. The highest BCUT2D eigenvalue weighted by Gasteiger charge is 2.17. The normalized spacial score (nSPS) is 11.2. The van der Waals surface area contributed by atoms with E-state index in [2.05, 4.69) is 63.2 Å². The molecule has 2 aromatic carbocycles. The maximum absolute atomic E-state index is 6.61. The van der Waals surface area contributed by atoms with Crippen molar-refractivity contribution >= 4 is 0 Å². The minimum Gasteiger partial charge on any atom is -0.493 e. The first-order valence-corrected chi connectivity index (χ1v) is 17.3. The Morgan fingerprint density at radius 2 is 0.950 bits per heavy atom. The average Bonchev–Trinajstić information content (AvgIpc) is 2.97. The van der Waals surface area contributed by atoms with Crippen LogP contribution in [0.2, 0.25) is 0 Å². The summed E-state index contributed by atoms with van der Waals surface area (Å²) in [6.45, 7) is 7.35. The molecule has 0 bridgehead atoms. The minimum absolute atomic E-state index is 0.688. The fourth-order valence-electron chi connectivity index (χ4n) is 5.71. The van der Waals surface area contributed by atoms with Crippen molar-refractivity contribution in [1.29, 1.82) is 0 Å². The summed E-state index contributed by atoms with van der Waals surface area (Å²) in [4.78, 5) is 0. The molecule has 0 radical (unpaired) electrons. The van der Waals surface area contributed by atoms with Gasteiger partial charge >= 0.3 is 0 Å². The highest BCUT2D eigenvalue weighted by molar-refractivity contribution is 5.52. The van der Waals surface area contributed by atoms with Crippen molar-refractivity contribution in [3.63, 3.8) is 0 Å². The molecule has 0 amide bonds. The second-order valence-electron chi connectivity index (χ2n) is 11.7. The van der Waals surface area contributed by atoms with Crippen LogP contribution in [0.1, 0.15) is 160 Å². The molecule has 0 saturated carbocycles. The van der Waals surface area contributed by atoms with Gasteiger partial charge in [0, 0.05) is 5.56 Å². The van der Waals surface area contributed by atoms with Gasteiger partial charge in [-0.15, -0.1) is 0 Å². The molecule has 2 aromatic rings. The molecule has 0 fully saturated rings. The molecule has 0 aliphatic carbocycles. The number of ether oxygens (including phenoxy) is 2. The summed E-state index contributed by atoms with van der Waals surface area (Å²) in [5, 5.41) is 0. The van der Waals surface area contributed by atoms with Gasteiger partial charge in [-0.3, -0.25) is 0 Å². The predicted molar refractivity (Wildman–Crippen MR) is 175 cm³/mol. The van der Waals surface area contributed by atoms with Crippen LogP contribution in [0.15, 0.2) is 42.5 Å². The van der Waals surface area contributed by atoms with Crippen LogP contribution in [0.4, 0.5) is 0 Å². The van der Waals surface area contributed by atoms with Crippen molar-refractivity contribution in [3.05, 3.63) is 53.6 Å². The van der Waals surface area contributed by atoms with Crippen molar-refractivity contribution in [2.24, 2.45) is 0 Å². The summed E-state index contributed by atoms with van der Waals surface area (Å²) in [6.07, 6.45) is 29.4. The zero-order valence-corrected chi connectivity index (χ0v) is 26.6. The van der Waals surface area contributed by atoms with E-state index in [4.69, 9.17) is 9.47 Å². The Balaban J connectivity index is 1.85. The third-order valence-electron chi connectivity index (χ3n) is 8.14. The number of rotatable bonds is 26. The zero-order valence-electron chi connectivity index (χ0n) is 26.6. The van der Waals surface area contributed by atoms with Gasteiger partial charge in [0.1, 0.15) is 17.2 Å². The van der Waals surface area contributed by atoms with Gasteiger partial charge in [-0.1, -0.05) is 154 Å². The van der Waals surface area contributed by atoms with E-state index in [9.17, 15) is 0 Å². The summed E-state index contributed by atoms with van der Waals surface area (Å²) >= 11 is 0. The smallest absolute Gasteiger partial charge is 0.137 e. The Kier molecular flexibility index (Phi) is 20.3. The number of hydrogen-bond donors (Lipinski definition) is 0. The number of aryl methyl sites for hydroxylation is 1. The maximum atomic E-state index is 6.61. The Bertz CT molecular complexity index is 844. The molecule has 0 N–H and O–H groups in total. The Morgan fingerprint density at radius 3 is 1.45 bits per heavy atom. The Morgan fingerprint density at radius 1 is 0.475 bits per heavy atom. The van der Waals surface area contributed by atoms with Crippen LogP contribution in [0.25, 0.3) is 0 Å². The summed E-state index contributed by atoms with van der Waals surface area (Å²) in [6, 6.07) is 14.8. The van der Waals surface area contributed by atoms with E-state index in [1.807, 2.05) is 0 Å². The maximum Gasteiger partial charge on any atom is 0.137 e. The van der Waals surface area contributed by atoms with Gasteiger partial charge in [0.05, 0.1) is 6.61 Å². The molecule has 0 aromatic heterocycles. The first-order valence-electron chi connectivity index (χ1n) is 17.3. The first-order chi connectivity index (χ1) is 19.8. The molecule has 2 nitrogen and oxygen atoms in total. The SMILES string of the molecule is CCCCCCCCCCCCCCCCc1c(OCC)ccc(CCCCCCCC)c1Oc1ccccc1. The number of benzene rings is 2. The topological polar surface area (TPSA) is 18.5 Å². The van der Waals surface area contributed by atoms with Crippen molar-refractivity contribution in [1.82, 2.24) is 0 Å². The van der Waals surface area contributed by atoms with Crippen molar-refractivity contribution < 1.29 is 9.47 Å². The van der Waals surface area contributed by atoms with Gasteiger partial charge in [0.15, 0.2) is 0 Å². The molecule has 0 spiro atoms. The summed E-state index contributed by atoms with van der Waals surface area (Å²) in [5.41, 5.74) is 2.61. The van der Waals surface area contributed by atoms with Crippen molar-refractivity contribution in [2.75, 3.05) is 6.61 Å². The lowest BCUT2D eigenvalue weighted by atomic mass is 9.97. The van der Waals surface area contributed by atoms with Gasteiger partial charge in [0.25, 0.3) is 0 Å².